The van der Waals surface area contributed by atoms with Crippen molar-refractivity contribution in [3.05, 3.63) is 49.0 Å². The van der Waals surface area contributed by atoms with E-state index in [0.717, 1.165) is 16.6 Å². The van der Waals surface area contributed by atoms with Crippen LogP contribution < -0.4 is 16.3 Å². The van der Waals surface area contributed by atoms with Crippen molar-refractivity contribution >= 4 is 66.8 Å². The zero-order chi connectivity index (χ0) is 20.3. The highest BCUT2D eigenvalue weighted by Gasteiger charge is 2.28. The number of aromatic nitrogens is 3. The molecule has 0 unspecified atom stereocenters. The third kappa shape index (κ3) is 3.18. The normalized spacial score (nSPS) is 13.9. The summed E-state index contributed by atoms with van der Waals surface area (Å²) < 4.78 is 2.34. The molecule has 1 saturated carbocycles. The number of fused-ring (bicyclic) bond motifs is 2. The Balaban J connectivity index is 1.64. The Morgan fingerprint density at radius 2 is 1.97 bits per heavy atom. The summed E-state index contributed by atoms with van der Waals surface area (Å²) in [6, 6.07) is 7.25. The van der Waals surface area contributed by atoms with Crippen LogP contribution in [-0.4, -0.2) is 32.4 Å². The maximum Gasteiger partial charge on any atom is 0.326 e. The van der Waals surface area contributed by atoms with Gasteiger partial charge in [0.05, 0.1) is 30.8 Å². The van der Waals surface area contributed by atoms with Crippen LogP contribution in [0.5, 0.6) is 0 Å². The third-order valence-corrected chi connectivity index (χ3v) is 6.62. The van der Waals surface area contributed by atoms with Gasteiger partial charge < -0.3 is 20.6 Å². The van der Waals surface area contributed by atoms with Gasteiger partial charge >= 0.3 is 5.69 Å². The maximum atomic E-state index is 13.0. The molecule has 8 nitrogen and oxygen atoms in total. The quantitative estimate of drug-likeness (QED) is 0.364. The molecule has 1 aliphatic carbocycles. The van der Waals surface area contributed by atoms with Gasteiger partial charge in [0, 0.05) is 18.5 Å². The van der Waals surface area contributed by atoms with Crippen LogP contribution in [0.2, 0.25) is 0 Å². The van der Waals surface area contributed by atoms with Gasteiger partial charge in [-0.15, -0.1) is 11.3 Å². The molecule has 0 aliphatic heterocycles. The summed E-state index contributed by atoms with van der Waals surface area (Å²) >= 11 is 4.67. The van der Waals surface area contributed by atoms with Crippen molar-refractivity contribution in [2.75, 3.05) is 5.32 Å². The first-order valence-electron chi connectivity index (χ1n) is 9.02. The number of H-pyrrole nitrogens is 2. The number of aromatic amines is 2. The smallest absolute Gasteiger partial charge is 0.326 e. The van der Waals surface area contributed by atoms with Crippen molar-refractivity contribution in [1.82, 2.24) is 19.9 Å². The first-order valence-corrected chi connectivity index (χ1v) is 10.6. The standard InChI is InChI=1S/C19H16BrN5O3S/c1-25-12-6-9-10(7-11(12)23-19(25)28)22-16(15(9)18(27)21-8-2-3-8)24-17(26)13-4-5-14(20)29-13/h4-8,22H,2-3H2,1H3,(H,21,27)(H,23,28)(H,24,26). The van der Waals surface area contributed by atoms with Crippen molar-refractivity contribution in [2.24, 2.45) is 7.05 Å². The van der Waals surface area contributed by atoms with Crippen LogP contribution in [0.3, 0.4) is 0 Å². The van der Waals surface area contributed by atoms with Gasteiger partial charge in [-0.2, -0.15) is 0 Å². The summed E-state index contributed by atoms with van der Waals surface area (Å²) in [4.78, 5) is 44.0. The molecule has 4 aromatic rings. The number of anilines is 1. The second kappa shape index (κ2) is 6.60. The fraction of sp³-hybridized carbons (Fsp3) is 0.211. The second-order valence-electron chi connectivity index (χ2n) is 7.08. The van der Waals surface area contributed by atoms with Crippen LogP contribution in [0.15, 0.2) is 32.8 Å². The Morgan fingerprint density at radius 3 is 2.66 bits per heavy atom. The highest BCUT2D eigenvalue weighted by atomic mass is 79.9. The number of carbonyl (C=O) groups excluding carboxylic acids is 2. The Morgan fingerprint density at radius 1 is 1.17 bits per heavy atom. The average Bonchev–Trinajstić information content (AvgIpc) is 3.15. The van der Waals surface area contributed by atoms with Gasteiger partial charge in [-0.3, -0.25) is 14.2 Å². The van der Waals surface area contributed by atoms with Crippen LogP contribution >= 0.6 is 27.3 Å². The van der Waals surface area contributed by atoms with Crippen LogP contribution in [0.4, 0.5) is 5.82 Å². The number of carbonyl (C=O) groups is 2. The van der Waals surface area contributed by atoms with Gasteiger partial charge in [0.1, 0.15) is 5.82 Å². The monoisotopic (exact) mass is 473 g/mol. The van der Waals surface area contributed by atoms with Gasteiger partial charge in [0.15, 0.2) is 0 Å². The van der Waals surface area contributed by atoms with Crippen LogP contribution in [-0.2, 0) is 7.05 Å². The van der Waals surface area contributed by atoms with E-state index < -0.39 is 0 Å². The Labute approximate surface area is 176 Å². The van der Waals surface area contributed by atoms with E-state index in [2.05, 4.69) is 36.5 Å². The lowest BCUT2D eigenvalue weighted by Gasteiger charge is -2.07. The molecule has 10 heteroatoms. The van der Waals surface area contributed by atoms with Crippen LogP contribution in [0, 0.1) is 0 Å². The number of thiophene rings is 1. The van der Waals surface area contributed by atoms with Crippen molar-refractivity contribution in [2.45, 2.75) is 18.9 Å². The predicted molar refractivity (Wildman–Crippen MR) is 116 cm³/mol. The first-order chi connectivity index (χ1) is 13.9. The minimum atomic E-state index is -0.300. The molecule has 29 heavy (non-hydrogen) atoms. The van der Waals surface area contributed by atoms with E-state index in [9.17, 15) is 14.4 Å². The molecule has 0 radical (unpaired) electrons. The number of hydrogen-bond donors (Lipinski definition) is 4. The lowest BCUT2D eigenvalue weighted by molar-refractivity contribution is 0.0953. The zero-order valence-electron chi connectivity index (χ0n) is 15.3. The average molecular weight is 474 g/mol. The molecule has 0 atom stereocenters. The molecule has 5 rings (SSSR count). The molecule has 0 saturated heterocycles. The van der Waals surface area contributed by atoms with E-state index in [-0.39, 0.29) is 23.5 Å². The summed E-state index contributed by atoms with van der Waals surface area (Å²) in [5, 5.41) is 6.46. The zero-order valence-corrected chi connectivity index (χ0v) is 17.7. The van der Waals surface area contributed by atoms with E-state index in [1.807, 2.05) is 0 Å². The second-order valence-corrected chi connectivity index (χ2v) is 9.55. The molecular formula is C19H16BrN5O3S. The van der Waals surface area contributed by atoms with E-state index >= 15 is 0 Å². The molecule has 2 amide bonds. The number of hydrogen-bond acceptors (Lipinski definition) is 4. The highest BCUT2D eigenvalue weighted by molar-refractivity contribution is 9.11. The summed E-state index contributed by atoms with van der Waals surface area (Å²) in [5.74, 6) is -0.211. The number of rotatable bonds is 4. The molecule has 3 heterocycles. The predicted octanol–water partition coefficient (Wildman–Crippen LogP) is 3.32. The van der Waals surface area contributed by atoms with Gasteiger partial charge in [0.2, 0.25) is 0 Å². The SMILES string of the molecule is Cn1c(=O)[nH]c2cc3[nH]c(NC(=O)c4ccc(Br)s4)c(C(=O)NC4CC4)c3cc21. The summed E-state index contributed by atoms with van der Waals surface area (Å²) in [7, 11) is 1.67. The lowest BCUT2D eigenvalue weighted by Crippen LogP contribution is -2.26. The molecule has 1 fully saturated rings. The van der Waals surface area contributed by atoms with Crippen molar-refractivity contribution in [3.63, 3.8) is 0 Å². The molecule has 4 N–H and O–H groups in total. The molecular weight excluding hydrogens is 458 g/mol. The fourth-order valence-electron chi connectivity index (χ4n) is 3.34. The minimum Gasteiger partial charge on any atom is -0.349 e. The largest absolute Gasteiger partial charge is 0.349 e. The van der Waals surface area contributed by atoms with Gasteiger partial charge in [0.25, 0.3) is 11.8 Å². The van der Waals surface area contributed by atoms with E-state index in [0.29, 0.717) is 38.2 Å². The van der Waals surface area contributed by atoms with Crippen LogP contribution in [0.1, 0.15) is 32.9 Å². The fourth-order valence-corrected chi connectivity index (χ4v) is 4.62. The maximum absolute atomic E-state index is 13.0. The summed E-state index contributed by atoms with van der Waals surface area (Å²) in [5.41, 5.74) is 2.13. The van der Waals surface area contributed by atoms with Crippen molar-refractivity contribution in [1.29, 1.82) is 0 Å². The third-order valence-electron chi connectivity index (χ3n) is 5.00. The number of nitrogens with one attached hydrogen (secondary N) is 4. The Hall–Kier alpha value is -2.85. The summed E-state index contributed by atoms with van der Waals surface area (Å²) in [6.07, 6.45) is 1.91. The van der Waals surface area contributed by atoms with Gasteiger partial charge in [-0.05, 0) is 53.0 Å². The first kappa shape index (κ1) is 18.2. The number of halogens is 1. The highest BCUT2D eigenvalue weighted by Crippen LogP contribution is 2.31. The molecule has 148 valence electrons. The van der Waals surface area contributed by atoms with E-state index in [1.165, 1.54) is 15.9 Å². The van der Waals surface area contributed by atoms with Gasteiger partial charge in [-0.1, -0.05) is 0 Å². The molecule has 1 aromatic carbocycles. The van der Waals surface area contributed by atoms with E-state index in [1.54, 1.807) is 31.3 Å². The molecule has 1 aliphatic rings. The number of aryl methyl sites for hydroxylation is 1. The number of amides is 2. The lowest BCUT2D eigenvalue weighted by atomic mass is 10.1. The van der Waals surface area contributed by atoms with Crippen LogP contribution in [0.25, 0.3) is 21.9 Å². The molecule has 0 bridgehead atoms. The summed E-state index contributed by atoms with van der Waals surface area (Å²) in [6.45, 7) is 0. The molecule has 3 aromatic heterocycles. The van der Waals surface area contributed by atoms with Crippen molar-refractivity contribution in [3.8, 4) is 0 Å². The number of nitrogens with zero attached hydrogens (tertiary/aromatic N) is 1. The molecule has 0 spiro atoms. The number of imidazole rings is 1. The number of benzene rings is 1. The Bertz CT molecular complexity index is 1360. The van der Waals surface area contributed by atoms with Crippen molar-refractivity contribution < 1.29 is 9.59 Å². The van der Waals surface area contributed by atoms with Gasteiger partial charge in [-0.25, -0.2) is 4.79 Å². The minimum absolute atomic E-state index is 0.171. The van der Waals surface area contributed by atoms with E-state index in [4.69, 9.17) is 0 Å². The topological polar surface area (TPSA) is 112 Å². The Kier molecular flexibility index (Phi) is 4.14.